The smallest absolute Gasteiger partial charge is 0.111 e. The average Bonchev–Trinajstić information content (AvgIpc) is 2.81. The number of aliphatic hydroxyl groups is 10. The van der Waals surface area contributed by atoms with Gasteiger partial charge in [-0.2, -0.15) is 0 Å². The van der Waals surface area contributed by atoms with Crippen LogP contribution in [0.1, 0.15) is 38.5 Å². The molecule has 12 nitrogen and oxygen atoms in total. The van der Waals surface area contributed by atoms with Gasteiger partial charge in [0.05, 0.1) is 25.4 Å². The van der Waals surface area contributed by atoms with Crippen molar-refractivity contribution in [3.8, 4) is 0 Å². The summed E-state index contributed by atoms with van der Waals surface area (Å²) < 4.78 is 0. The molecule has 0 unspecified atom stereocenters. The molecule has 0 saturated heterocycles. The molecular formula is C20H44N2O10. The molecule has 0 saturated carbocycles. The molecule has 0 aromatic rings. The Labute approximate surface area is 189 Å². The molecule has 0 amide bonds. The Morgan fingerprint density at radius 3 is 1.00 bits per heavy atom. The van der Waals surface area contributed by atoms with Crippen LogP contribution in [0.5, 0.6) is 0 Å². The summed E-state index contributed by atoms with van der Waals surface area (Å²) in [5, 5.41) is 99.9. The highest BCUT2D eigenvalue weighted by atomic mass is 16.4. The Morgan fingerprint density at radius 1 is 0.406 bits per heavy atom. The van der Waals surface area contributed by atoms with E-state index in [-0.39, 0.29) is 13.1 Å². The molecule has 12 N–H and O–H groups in total. The summed E-state index contributed by atoms with van der Waals surface area (Å²) in [4.78, 5) is 0. The molecule has 0 spiro atoms. The van der Waals surface area contributed by atoms with E-state index in [9.17, 15) is 40.9 Å². The summed E-state index contributed by atoms with van der Waals surface area (Å²) in [7, 11) is 0. The molecule has 0 aromatic carbocycles. The first kappa shape index (κ1) is 31.5. The quantitative estimate of drug-likeness (QED) is 0.0708. The van der Waals surface area contributed by atoms with Gasteiger partial charge in [0.15, 0.2) is 0 Å². The van der Waals surface area contributed by atoms with Crippen LogP contribution in [0.25, 0.3) is 0 Å². The first-order valence-corrected chi connectivity index (χ1v) is 11.2. The molecule has 0 aliphatic rings. The third kappa shape index (κ3) is 13.3. The molecule has 194 valence electrons. The maximum Gasteiger partial charge on any atom is 0.111 e. The van der Waals surface area contributed by atoms with E-state index in [2.05, 4.69) is 10.6 Å². The second-order valence-corrected chi connectivity index (χ2v) is 8.13. The SMILES string of the molecule is OC[C@@H](O)[C@@H](O)[C@H](O)[C@@H](O)CNCCCCCCCCNC[C@H](O)[C@@H](O)[C@H](O)[C@H](O)CO. The molecule has 0 rings (SSSR count). The second kappa shape index (κ2) is 18.9. The molecule has 0 fully saturated rings. The maximum absolute atomic E-state index is 9.77. The minimum Gasteiger partial charge on any atom is -0.394 e. The fraction of sp³-hybridized carbons (Fsp3) is 1.00. The minimum absolute atomic E-state index is 0.0541. The van der Waals surface area contributed by atoms with Gasteiger partial charge >= 0.3 is 0 Å². The van der Waals surface area contributed by atoms with Crippen molar-refractivity contribution in [3.63, 3.8) is 0 Å². The van der Waals surface area contributed by atoms with Gasteiger partial charge in [0.25, 0.3) is 0 Å². The lowest BCUT2D eigenvalue weighted by Gasteiger charge is -2.25. The highest BCUT2D eigenvalue weighted by molar-refractivity contribution is 4.82. The fourth-order valence-electron chi connectivity index (χ4n) is 3.07. The number of unbranched alkanes of at least 4 members (excludes halogenated alkanes) is 5. The average molecular weight is 473 g/mol. The van der Waals surface area contributed by atoms with Gasteiger partial charge in [-0.15, -0.1) is 0 Å². The molecule has 0 heterocycles. The molecule has 0 bridgehead atoms. The van der Waals surface area contributed by atoms with Crippen LogP contribution >= 0.6 is 0 Å². The lowest BCUT2D eigenvalue weighted by atomic mass is 10.0. The number of aliphatic hydroxyl groups excluding tert-OH is 10. The molecule has 0 aliphatic carbocycles. The Kier molecular flexibility index (Phi) is 18.6. The van der Waals surface area contributed by atoms with Crippen LogP contribution < -0.4 is 10.6 Å². The summed E-state index contributed by atoms with van der Waals surface area (Å²) in [6.07, 6.45) is -6.18. The lowest BCUT2D eigenvalue weighted by molar-refractivity contribution is -0.113. The van der Waals surface area contributed by atoms with E-state index in [1.165, 1.54) is 0 Å². The summed E-state index contributed by atoms with van der Waals surface area (Å²) in [6, 6.07) is 0. The summed E-state index contributed by atoms with van der Waals surface area (Å²) >= 11 is 0. The van der Waals surface area contributed by atoms with Gasteiger partial charge in [0, 0.05) is 13.1 Å². The van der Waals surface area contributed by atoms with Crippen LogP contribution in [0.2, 0.25) is 0 Å². The van der Waals surface area contributed by atoms with Crippen molar-refractivity contribution >= 4 is 0 Å². The number of hydrogen-bond donors (Lipinski definition) is 12. The van der Waals surface area contributed by atoms with Crippen molar-refractivity contribution in [1.82, 2.24) is 10.6 Å². The van der Waals surface area contributed by atoms with E-state index in [1.807, 2.05) is 0 Å². The standard InChI is InChI=1S/C20H44N2O10/c23-11-15(27)19(31)17(29)13(25)9-21-7-5-3-1-2-4-6-8-22-10-14(26)18(30)20(32)16(28)12-24/h13-32H,1-12H2/t13-,14-,15+,16+,17+,18+,19+,20+/m0/s1. The second-order valence-electron chi connectivity index (χ2n) is 8.13. The molecule has 0 aliphatic heterocycles. The van der Waals surface area contributed by atoms with Gasteiger partial charge in [-0.1, -0.05) is 25.7 Å². The van der Waals surface area contributed by atoms with Crippen molar-refractivity contribution in [2.75, 3.05) is 39.4 Å². The molecule has 0 radical (unpaired) electrons. The number of hydrogen-bond acceptors (Lipinski definition) is 12. The Balaban J connectivity index is 3.60. The van der Waals surface area contributed by atoms with Crippen LogP contribution in [0.15, 0.2) is 0 Å². The van der Waals surface area contributed by atoms with Crippen molar-refractivity contribution in [2.24, 2.45) is 0 Å². The molecular weight excluding hydrogens is 428 g/mol. The normalized spacial score (nSPS) is 19.7. The van der Waals surface area contributed by atoms with Crippen LogP contribution in [-0.4, -0.2) is 139 Å². The highest BCUT2D eigenvalue weighted by Crippen LogP contribution is 2.07. The van der Waals surface area contributed by atoms with Crippen LogP contribution in [0, 0.1) is 0 Å². The zero-order valence-corrected chi connectivity index (χ0v) is 18.6. The zero-order valence-electron chi connectivity index (χ0n) is 18.6. The van der Waals surface area contributed by atoms with Gasteiger partial charge < -0.3 is 61.7 Å². The number of nitrogens with one attached hydrogen (secondary N) is 2. The Bertz CT molecular complexity index is 399. The predicted molar refractivity (Wildman–Crippen MR) is 116 cm³/mol. The minimum atomic E-state index is -1.62. The molecule has 0 aromatic heterocycles. The third-order valence-electron chi connectivity index (χ3n) is 5.31. The van der Waals surface area contributed by atoms with Crippen molar-refractivity contribution in [1.29, 1.82) is 0 Å². The third-order valence-corrected chi connectivity index (χ3v) is 5.31. The van der Waals surface area contributed by atoms with E-state index < -0.39 is 62.0 Å². The van der Waals surface area contributed by atoms with Crippen molar-refractivity contribution in [2.45, 2.75) is 87.4 Å². The Morgan fingerprint density at radius 2 is 0.688 bits per heavy atom. The number of rotatable bonds is 21. The van der Waals surface area contributed by atoms with Gasteiger partial charge in [0.1, 0.15) is 36.6 Å². The van der Waals surface area contributed by atoms with Gasteiger partial charge in [0.2, 0.25) is 0 Å². The molecule has 12 heteroatoms. The summed E-state index contributed by atoms with van der Waals surface area (Å²) in [5.41, 5.74) is 0. The molecule has 32 heavy (non-hydrogen) atoms. The Hall–Kier alpha value is -0.480. The van der Waals surface area contributed by atoms with E-state index in [4.69, 9.17) is 10.2 Å². The highest BCUT2D eigenvalue weighted by Gasteiger charge is 2.30. The topological polar surface area (TPSA) is 226 Å². The predicted octanol–water partition coefficient (Wildman–Crippen LogP) is -4.62. The summed E-state index contributed by atoms with van der Waals surface area (Å²) in [6.45, 7) is -0.0562. The van der Waals surface area contributed by atoms with Crippen molar-refractivity contribution < 1.29 is 51.1 Å². The monoisotopic (exact) mass is 472 g/mol. The lowest BCUT2D eigenvalue weighted by Crippen LogP contribution is -2.49. The fourth-order valence-corrected chi connectivity index (χ4v) is 3.07. The van der Waals surface area contributed by atoms with Gasteiger partial charge in [-0.25, -0.2) is 0 Å². The van der Waals surface area contributed by atoms with E-state index in [0.717, 1.165) is 38.5 Å². The molecule has 8 atom stereocenters. The zero-order chi connectivity index (χ0) is 24.5. The first-order chi connectivity index (χ1) is 15.2. The van der Waals surface area contributed by atoms with Gasteiger partial charge in [-0.3, -0.25) is 0 Å². The van der Waals surface area contributed by atoms with E-state index in [1.54, 1.807) is 0 Å². The largest absolute Gasteiger partial charge is 0.394 e. The summed E-state index contributed by atoms with van der Waals surface area (Å²) in [5.74, 6) is 0. The van der Waals surface area contributed by atoms with Crippen molar-refractivity contribution in [3.05, 3.63) is 0 Å². The van der Waals surface area contributed by atoms with Crippen LogP contribution in [0.4, 0.5) is 0 Å². The first-order valence-electron chi connectivity index (χ1n) is 11.2. The van der Waals surface area contributed by atoms with E-state index >= 15 is 0 Å². The maximum atomic E-state index is 9.77. The van der Waals surface area contributed by atoms with E-state index in [0.29, 0.717) is 13.1 Å². The van der Waals surface area contributed by atoms with Crippen LogP contribution in [-0.2, 0) is 0 Å². The van der Waals surface area contributed by atoms with Gasteiger partial charge in [-0.05, 0) is 25.9 Å². The van der Waals surface area contributed by atoms with Crippen LogP contribution in [0.3, 0.4) is 0 Å².